The van der Waals surface area contributed by atoms with Crippen LogP contribution in [0.15, 0.2) is 18.2 Å². The van der Waals surface area contributed by atoms with E-state index in [1.807, 2.05) is 12.1 Å². The number of fused-ring (bicyclic) bond motifs is 1. The fourth-order valence-electron chi connectivity index (χ4n) is 2.91. The fraction of sp³-hybridized carbons (Fsp3) is 0.533. The molecule has 1 aliphatic carbocycles. The van der Waals surface area contributed by atoms with Gasteiger partial charge in [0.05, 0.1) is 0 Å². The van der Waals surface area contributed by atoms with Crippen LogP contribution in [0.3, 0.4) is 0 Å². The third-order valence-electron chi connectivity index (χ3n) is 4.07. The second-order valence-corrected chi connectivity index (χ2v) is 5.53. The van der Waals surface area contributed by atoms with Gasteiger partial charge in [0.25, 0.3) is 0 Å². The van der Waals surface area contributed by atoms with Crippen molar-refractivity contribution in [2.45, 2.75) is 38.1 Å². The van der Waals surface area contributed by atoms with E-state index in [0.717, 1.165) is 24.3 Å². The largest absolute Gasteiger partial charge is 0.454 e. The van der Waals surface area contributed by atoms with Crippen LogP contribution in [0.25, 0.3) is 0 Å². The third kappa shape index (κ3) is 2.88. The van der Waals surface area contributed by atoms with Crippen LogP contribution in [0.1, 0.15) is 32.1 Å². The van der Waals surface area contributed by atoms with Gasteiger partial charge in [-0.1, -0.05) is 12.8 Å². The first-order valence-corrected chi connectivity index (χ1v) is 7.17. The average Bonchev–Trinajstić information content (AvgIpc) is 2.89. The monoisotopic (exact) mass is 276 g/mol. The SMILES string of the molecule is NC1CCCCC1CC(=O)Nc1ccc2c(c1)OCO2. The Morgan fingerprint density at radius 2 is 2.05 bits per heavy atom. The molecule has 0 spiro atoms. The Morgan fingerprint density at radius 1 is 1.25 bits per heavy atom. The lowest BCUT2D eigenvalue weighted by molar-refractivity contribution is -0.117. The summed E-state index contributed by atoms with van der Waals surface area (Å²) in [6.07, 6.45) is 4.93. The van der Waals surface area contributed by atoms with E-state index < -0.39 is 0 Å². The summed E-state index contributed by atoms with van der Waals surface area (Å²) in [5, 5.41) is 2.91. The summed E-state index contributed by atoms with van der Waals surface area (Å²) in [6.45, 7) is 0.240. The molecule has 2 unspecified atom stereocenters. The van der Waals surface area contributed by atoms with Crippen molar-refractivity contribution in [3.63, 3.8) is 0 Å². The smallest absolute Gasteiger partial charge is 0.231 e. The van der Waals surface area contributed by atoms with Crippen LogP contribution in [-0.4, -0.2) is 18.7 Å². The molecule has 3 N–H and O–H groups in total. The lowest BCUT2D eigenvalue weighted by atomic mass is 9.83. The molecule has 5 nitrogen and oxygen atoms in total. The van der Waals surface area contributed by atoms with Crippen molar-refractivity contribution in [3.8, 4) is 11.5 Å². The molecule has 1 aromatic rings. The molecule has 0 saturated heterocycles. The van der Waals surface area contributed by atoms with Gasteiger partial charge in [0.1, 0.15) is 0 Å². The Hall–Kier alpha value is -1.75. The van der Waals surface area contributed by atoms with Crippen molar-refractivity contribution in [2.75, 3.05) is 12.1 Å². The number of rotatable bonds is 3. The van der Waals surface area contributed by atoms with Crippen molar-refractivity contribution < 1.29 is 14.3 Å². The van der Waals surface area contributed by atoms with E-state index in [4.69, 9.17) is 15.2 Å². The highest BCUT2D eigenvalue weighted by Gasteiger charge is 2.24. The number of hydrogen-bond donors (Lipinski definition) is 2. The van der Waals surface area contributed by atoms with E-state index in [-0.39, 0.29) is 18.7 Å². The number of amides is 1. The molecule has 2 aliphatic rings. The Kier molecular flexibility index (Phi) is 3.78. The number of benzene rings is 1. The minimum Gasteiger partial charge on any atom is -0.454 e. The van der Waals surface area contributed by atoms with E-state index in [2.05, 4.69) is 5.32 Å². The first kappa shape index (κ1) is 13.2. The quantitative estimate of drug-likeness (QED) is 0.888. The Bertz CT molecular complexity index is 504. The maximum absolute atomic E-state index is 12.1. The van der Waals surface area contributed by atoms with Crippen LogP contribution in [0.4, 0.5) is 5.69 Å². The summed E-state index contributed by atoms with van der Waals surface area (Å²) >= 11 is 0. The van der Waals surface area contributed by atoms with E-state index in [1.54, 1.807) is 6.07 Å². The van der Waals surface area contributed by atoms with Crippen molar-refractivity contribution in [1.29, 1.82) is 0 Å². The molecule has 1 aliphatic heterocycles. The Balaban J connectivity index is 1.58. The van der Waals surface area contributed by atoms with Crippen LogP contribution in [0, 0.1) is 5.92 Å². The van der Waals surface area contributed by atoms with Gasteiger partial charge in [-0.15, -0.1) is 0 Å². The van der Waals surface area contributed by atoms with E-state index in [0.29, 0.717) is 18.1 Å². The first-order chi connectivity index (χ1) is 9.72. The molecule has 108 valence electrons. The number of hydrogen-bond acceptors (Lipinski definition) is 4. The summed E-state index contributed by atoms with van der Waals surface area (Å²) in [6, 6.07) is 5.59. The summed E-state index contributed by atoms with van der Waals surface area (Å²) in [4.78, 5) is 12.1. The number of carbonyl (C=O) groups is 1. The molecule has 3 rings (SSSR count). The molecule has 0 aromatic heterocycles. The lowest BCUT2D eigenvalue weighted by Crippen LogP contribution is -2.35. The second kappa shape index (κ2) is 5.71. The summed E-state index contributed by atoms with van der Waals surface area (Å²) in [5.41, 5.74) is 6.82. The van der Waals surface area contributed by atoms with Gasteiger partial charge in [0, 0.05) is 24.2 Å². The predicted molar refractivity (Wildman–Crippen MR) is 75.7 cm³/mol. The van der Waals surface area contributed by atoms with Crippen LogP contribution >= 0.6 is 0 Å². The average molecular weight is 276 g/mol. The normalized spacial score (nSPS) is 24.4. The minimum atomic E-state index is 0.0196. The lowest BCUT2D eigenvalue weighted by Gasteiger charge is -2.27. The van der Waals surface area contributed by atoms with Gasteiger partial charge in [0.2, 0.25) is 12.7 Å². The molecule has 2 atom stereocenters. The molecule has 20 heavy (non-hydrogen) atoms. The Morgan fingerprint density at radius 3 is 2.90 bits per heavy atom. The maximum Gasteiger partial charge on any atom is 0.231 e. The summed E-state index contributed by atoms with van der Waals surface area (Å²) in [7, 11) is 0. The zero-order valence-electron chi connectivity index (χ0n) is 11.4. The second-order valence-electron chi connectivity index (χ2n) is 5.53. The molecule has 1 heterocycles. The van der Waals surface area contributed by atoms with Gasteiger partial charge >= 0.3 is 0 Å². The van der Waals surface area contributed by atoms with E-state index in [9.17, 15) is 4.79 Å². The summed E-state index contributed by atoms with van der Waals surface area (Å²) < 4.78 is 10.5. The zero-order chi connectivity index (χ0) is 13.9. The highest BCUT2D eigenvalue weighted by atomic mass is 16.7. The van der Waals surface area contributed by atoms with Crippen molar-refractivity contribution in [3.05, 3.63) is 18.2 Å². The zero-order valence-corrected chi connectivity index (χ0v) is 11.4. The molecule has 0 radical (unpaired) electrons. The van der Waals surface area contributed by atoms with Crippen LogP contribution in [-0.2, 0) is 4.79 Å². The van der Waals surface area contributed by atoms with Gasteiger partial charge < -0.3 is 20.5 Å². The minimum absolute atomic E-state index is 0.0196. The third-order valence-corrected chi connectivity index (χ3v) is 4.07. The van der Waals surface area contributed by atoms with Gasteiger partial charge in [-0.3, -0.25) is 4.79 Å². The number of carbonyl (C=O) groups excluding carboxylic acids is 1. The molecule has 5 heteroatoms. The van der Waals surface area contributed by atoms with Gasteiger partial charge in [-0.05, 0) is 30.9 Å². The van der Waals surface area contributed by atoms with Gasteiger partial charge in [-0.25, -0.2) is 0 Å². The number of anilines is 1. The molecule has 0 bridgehead atoms. The number of nitrogens with two attached hydrogens (primary N) is 1. The van der Waals surface area contributed by atoms with Crippen molar-refractivity contribution in [1.82, 2.24) is 0 Å². The highest BCUT2D eigenvalue weighted by Crippen LogP contribution is 2.34. The van der Waals surface area contributed by atoms with Gasteiger partial charge in [0.15, 0.2) is 11.5 Å². The van der Waals surface area contributed by atoms with E-state index >= 15 is 0 Å². The van der Waals surface area contributed by atoms with Crippen LogP contribution in [0.5, 0.6) is 11.5 Å². The standard InChI is InChI=1S/C15H20N2O3/c16-12-4-2-1-3-10(12)7-15(18)17-11-5-6-13-14(8-11)20-9-19-13/h5-6,8,10,12H,1-4,7,9,16H2,(H,17,18). The van der Waals surface area contributed by atoms with E-state index in [1.165, 1.54) is 12.8 Å². The molecular weight excluding hydrogens is 256 g/mol. The number of nitrogens with one attached hydrogen (secondary N) is 1. The van der Waals surface area contributed by atoms with Crippen LogP contribution < -0.4 is 20.5 Å². The maximum atomic E-state index is 12.1. The molecular formula is C15H20N2O3. The van der Waals surface area contributed by atoms with Crippen molar-refractivity contribution in [2.24, 2.45) is 11.7 Å². The van der Waals surface area contributed by atoms with Crippen molar-refractivity contribution >= 4 is 11.6 Å². The van der Waals surface area contributed by atoms with Crippen LogP contribution in [0.2, 0.25) is 0 Å². The molecule has 1 fully saturated rings. The predicted octanol–water partition coefficient (Wildman–Crippen LogP) is 2.26. The fourth-order valence-corrected chi connectivity index (χ4v) is 2.91. The molecule has 1 amide bonds. The highest BCUT2D eigenvalue weighted by molar-refractivity contribution is 5.91. The topological polar surface area (TPSA) is 73.6 Å². The van der Waals surface area contributed by atoms with Gasteiger partial charge in [-0.2, -0.15) is 0 Å². The summed E-state index contributed by atoms with van der Waals surface area (Å²) in [5.74, 6) is 1.72. The Labute approximate surface area is 118 Å². The first-order valence-electron chi connectivity index (χ1n) is 7.17. The number of ether oxygens (including phenoxy) is 2. The molecule has 1 aromatic carbocycles. The molecule has 1 saturated carbocycles.